The minimum absolute atomic E-state index is 0.0126. The van der Waals surface area contributed by atoms with Gasteiger partial charge in [0.2, 0.25) is 11.6 Å². The summed E-state index contributed by atoms with van der Waals surface area (Å²) >= 11 is 0. The highest BCUT2D eigenvalue weighted by atomic mass is 19.1. The first-order chi connectivity index (χ1) is 12.4. The Morgan fingerprint density at radius 3 is 2.77 bits per heavy atom. The number of hydrogen-bond donors (Lipinski definition) is 2. The van der Waals surface area contributed by atoms with Crippen LogP contribution in [-0.2, 0) is 0 Å². The lowest BCUT2D eigenvalue weighted by molar-refractivity contribution is 0.0950. The van der Waals surface area contributed by atoms with Crippen LogP contribution >= 0.6 is 0 Å². The molecule has 1 amide bonds. The molecule has 0 spiro atoms. The van der Waals surface area contributed by atoms with Crippen LogP contribution in [-0.4, -0.2) is 36.9 Å². The van der Waals surface area contributed by atoms with Crippen molar-refractivity contribution in [2.24, 2.45) is 5.10 Å². The molecule has 12 heteroatoms. The lowest BCUT2D eigenvalue weighted by Crippen LogP contribution is -2.22. The molecule has 0 bridgehead atoms. The smallest absolute Gasteiger partial charge is 0.274 e. The Kier molecular flexibility index (Phi) is 4.39. The Hall–Kier alpha value is -3.70. The number of nitrogen functional groups attached to an aromatic ring is 1. The second-order valence-electron chi connectivity index (χ2n) is 5.17. The Morgan fingerprint density at radius 2 is 2.12 bits per heavy atom. The number of hydrazone groups is 1. The topological polar surface area (TPSA) is 137 Å². The lowest BCUT2D eigenvalue weighted by atomic mass is 10.2. The van der Waals surface area contributed by atoms with Gasteiger partial charge in [0.25, 0.3) is 5.91 Å². The molecule has 0 aliphatic heterocycles. The molecule has 3 N–H and O–H groups in total. The van der Waals surface area contributed by atoms with Crippen molar-refractivity contribution in [2.45, 2.75) is 13.8 Å². The third-order valence-corrected chi connectivity index (χ3v) is 3.38. The van der Waals surface area contributed by atoms with Gasteiger partial charge in [-0.05, 0) is 36.3 Å². The number of benzene rings is 1. The Morgan fingerprint density at radius 1 is 1.35 bits per heavy atom. The normalized spacial score (nSPS) is 11.6. The molecule has 3 rings (SSSR count). The highest BCUT2D eigenvalue weighted by Crippen LogP contribution is 2.16. The fraction of sp³-hybridized carbons (Fsp3) is 0.143. The van der Waals surface area contributed by atoms with E-state index in [2.05, 4.69) is 35.8 Å². The predicted molar refractivity (Wildman–Crippen MR) is 84.4 cm³/mol. The fourth-order valence-corrected chi connectivity index (χ4v) is 2.18. The molecule has 10 nitrogen and oxygen atoms in total. The van der Waals surface area contributed by atoms with Gasteiger partial charge in [-0.25, -0.2) is 18.8 Å². The van der Waals surface area contributed by atoms with Gasteiger partial charge in [0.1, 0.15) is 17.3 Å². The fourth-order valence-electron chi connectivity index (χ4n) is 2.18. The molecule has 2 heterocycles. The number of rotatable bonds is 4. The molecule has 0 unspecified atom stereocenters. The molecule has 1 aromatic carbocycles. The van der Waals surface area contributed by atoms with Crippen molar-refractivity contribution in [1.29, 1.82) is 0 Å². The van der Waals surface area contributed by atoms with Crippen molar-refractivity contribution in [1.82, 2.24) is 30.7 Å². The van der Waals surface area contributed by atoms with Crippen molar-refractivity contribution >= 4 is 17.4 Å². The maximum atomic E-state index is 13.6. The summed E-state index contributed by atoms with van der Waals surface area (Å²) < 4.78 is 32.3. The van der Waals surface area contributed by atoms with Crippen molar-refractivity contribution in [3.63, 3.8) is 0 Å². The van der Waals surface area contributed by atoms with E-state index in [0.717, 1.165) is 12.1 Å². The zero-order chi connectivity index (χ0) is 18.8. The number of hydrogen-bond acceptors (Lipinski definition) is 8. The van der Waals surface area contributed by atoms with Crippen molar-refractivity contribution in [2.75, 3.05) is 5.73 Å². The van der Waals surface area contributed by atoms with Crippen LogP contribution in [0.3, 0.4) is 0 Å². The van der Waals surface area contributed by atoms with Gasteiger partial charge >= 0.3 is 0 Å². The van der Waals surface area contributed by atoms with Gasteiger partial charge in [0.05, 0.1) is 17.0 Å². The van der Waals surface area contributed by atoms with Crippen molar-refractivity contribution in [3.8, 4) is 5.82 Å². The average molecular weight is 362 g/mol. The predicted octanol–water partition coefficient (Wildman–Crippen LogP) is 0.973. The van der Waals surface area contributed by atoms with E-state index in [4.69, 9.17) is 5.73 Å². The molecular formula is C14H12F2N8O2. The van der Waals surface area contributed by atoms with Crippen LogP contribution in [0.15, 0.2) is 27.9 Å². The number of amides is 1. The summed E-state index contributed by atoms with van der Waals surface area (Å²) in [7, 11) is 0. The summed E-state index contributed by atoms with van der Waals surface area (Å²) in [5.41, 5.74) is 8.61. The first kappa shape index (κ1) is 17.1. The largest absolute Gasteiger partial charge is 0.378 e. The molecule has 0 aliphatic rings. The maximum absolute atomic E-state index is 13.6. The molecule has 2 aromatic heterocycles. The van der Waals surface area contributed by atoms with Crippen LogP contribution in [0.2, 0.25) is 0 Å². The van der Waals surface area contributed by atoms with Crippen LogP contribution in [0.4, 0.5) is 14.6 Å². The number of carbonyl (C=O) groups excluding carboxylic acids is 1. The molecule has 3 aromatic rings. The van der Waals surface area contributed by atoms with Gasteiger partial charge in [0, 0.05) is 6.07 Å². The van der Waals surface area contributed by atoms with Crippen LogP contribution in [0, 0.1) is 18.6 Å². The summed E-state index contributed by atoms with van der Waals surface area (Å²) in [6.45, 7) is 3.22. The lowest BCUT2D eigenvalue weighted by Gasteiger charge is -2.05. The summed E-state index contributed by atoms with van der Waals surface area (Å²) in [6, 6.07) is 2.59. The van der Waals surface area contributed by atoms with E-state index in [0.29, 0.717) is 17.5 Å². The summed E-state index contributed by atoms with van der Waals surface area (Å²) in [5.74, 6) is -2.55. The van der Waals surface area contributed by atoms with E-state index >= 15 is 0 Å². The minimum Gasteiger partial charge on any atom is -0.378 e. The monoisotopic (exact) mass is 362 g/mol. The van der Waals surface area contributed by atoms with Crippen LogP contribution < -0.4 is 11.2 Å². The Bertz CT molecular complexity index is 1010. The molecule has 0 atom stereocenters. The van der Waals surface area contributed by atoms with E-state index < -0.39 is 17.5 Å². The highest BCUT2D eigenvalue weighted by Gasteiger charge is 2.20. The molecule has 26 heavy (non-hydrogen) atoms. The number of nitrogens with zero attached hydrogens (tertiary/aromatic N) is 6. The first-order valence-electron chi connectivity index (χ1n) is 7.19. The number of halogens is 2. The third-order valence-electron chi connectivity index (χ3n) is 3.38. The van der Waals surface area contributed by atoms with Crippen molar-refractivity contribution < 1.29 is 18.2 Å². The maximum Gasteiger partial charge on any atom is 0.274 e. The Labute approximate surface area is 144 Å². The summed E-state index contributed by atoms with van der Waals surface area (Å²) in [4.78, 5) is 12.0. The minimum atomic E-state index is -1.00. The van der Waals surface area contributed by atoms with Crippen LogP contribution in [0.25, 0.3) is 5.82 Å². The zero-order valence-electron chi connectivity index (χ0n) is 13.6. The van der Waals surface area contributed by atoms with Gasteiger partial charge < -0.3 is 5.73 Å². The van der Waals surface area contributed by atoms with E-state index in [1.807, 2.05) is 0 Å². The van der Waals surface area contributed by atoms with E-state index in [-0.39, 0.29) is 22.9 Å². The number of anilines is 1. The number of carbonyl (C=O) groups is 1. The molecule has 134 valence electrons. The number of nitrogens with one attached hydrogen (secondary N) is 1. The average Bonchev–Trinajstić information content (AvgIpc) is 3.17. The molecule has 0 aliphatic carbocycles. The summed E-state index contributed by atoms with van der Waals surface area (Å²) in [5, 5.41) is 18.8. The SMILES string of the molecule is CC(=NNC(=O)c1ccc(F)cc1F)c1c(C)nnn1-c1nonc1N. The van der Waals surface area contributed by atoms with Gasteiger partial charge in [-0.15, -0.1) is 5.10 Å². The molecule has 0 saturated carbocycles. The van der Waals surface area contributed by atoms with Gasteiger partial charge in [-0.3, -0.25) is 4.79 Å². The van der Waals surface area contributed by atoms with Crippen molar-refractivity contribution in [3.05, 3.63) is 46.8 Å². The quantitative estimate of drug-likeness (QED) is 0.521. The summed E-state index contributed by atoms with van der Waals surface area (Å²) in [6.07, 6.45) is 0. The van der Waals surface area contributed by atoms with E-state index in [1.165, 1.54) is 4.68 Å². The zero-order valence-corrected chi connectivity index (χ0v) is 13.6. The van der Waals surface area contributed by atoms with Gasteiger partial charge in [-0.2, -0.15) is 9.78 Å². The van der Waals surface area contributed by atoms with Crippen LogP contribution in [0.1, 0.15) is 28.7 Å². The number of nitrogens with two attached hydrogens (primary N) is 1. The standard InChI is InChI=1S/C14H12F2N8O2/c1-6(18-20-14(25)9-4-3-8(15)5-10(9)16)11-7(2)19-23-24(11)13-12(17)21-26-22-13/h3-5H,1-2H3,(H2,17,21)(H,20,25). The highest BCUT2D eigenvalue weighted by molar-refractivity contribution is 6.00. The van der Waals surface area contributed by atoms with E-state index in [1.54, 1.807) is 13.8 Å². The molecular weight excluding hydrogens is 350 g/mol. The number of aryl methyl sites for hydroxylation is 1. The first-order valence-corrected chi connectivity index (χ1v) is 7.19. The molecule has 0 saturated heterocycles. The van der Waals surface area contributed by atoms with Crippen LogP contribution in [0.5, 0.6) is 0 Å². The Balaban J connectivity index is 1.88. The molecule has 0 fully saturated rings. The number of aromatic nitrogens is 5. The second-order valence-corrected chi connectivity index (χ2v) is 5.17. The molecule has 0 radical (unpaired) electrons. The second kappa shape index (κ2) is 6.66. The van der Waals surface area contributed by atoms with E-state index in [9.17, 15) is 13.6 Å². The van der Waals surface area contributed by atoms with Gasteiger partial charge in [0.15, 0.2) is 0 Å². The van der Waals surface area contributed by atoms with Gasteiger partial charge in [-0.1, -0.05) is 5.21 Å². The third kappa shape index (κ3) is 3.11.